The van der Waals surface area contributed by atoms with Crippen LogP contribution in [-0.2, 0) is 0 Å². The summed E-state index contributed by atoms with van der Waals surface area (Å²) in [6, 6.07) is 8.01. The van der Waals surface area contributed by atoms with Crippen LogP contribution in [0.2, 0.25) is 0 Å². The number of piperidine rings is 1. The van der Waals surface area contributed by atoms with Crippen molar-refractivity contribution in [3.8, 4) is 28.7 Å². The Labute approximate surface area is 167 Å². The van der Waals surface area contributed by atoms with Crippen molar-refractivity contribution in [2.75, 3.05) is 46.2 Å². The molecule has 6 nitrogen and oxygen atoms in total. The molecular formula is C22H28N4O2. The number of nitrogens with zero attached hydrogens (tertiary/aromatic N) is 3. The monoisotopic (exact) mass is 380 g/mol. The predicted octanol–water partition coefficient (Wildman–Crippen LogP) is 3.78. The molecule has 0 unspecified atom stereocenters. The third kappa shape index (κ3) is 4.55. The highest BCUT2D eigenvalue weighted by Gasteiger charge is 2.17. The summed E-state index contributed by atoms with van der Waals surface area (Å²) in [6.07, 6.45) is 6.99. The van der Waals surface area contributed by atoms with Gasteiger partial charge in [-0.2, -0.15) is 5.26 Å². The first-order valence-electron chi connectivity index (χ1n) is 9.69. The largest absolute Gasteiger partial charge is 0.493 e. The molecular weight excluding hydrogens is 352 g/mol. The molecule has 0 radical (unpaired) electrons. The summed E-state index contributed by atoms with van der Waals surface area (Å²) in [7, 11) is 5.41. The number of methoxy groups -OCH3 is 2. The number of nitriles is 1. The van der Waals surface area contributed by atoms with Crippen LogP contribution in [0.5, 0.6) is 11.5 Å². The Hall–Kier alpha value is -2.78. The normalized spacial score (nSPS) is 15.1. The van der Waals surface area contributed by atoms with Gasteiger partial charge in [0.1, 0.15) is 6.07 Å². The average Bonchev–Trinajstić information content (AvgIpc) is 2.74. The highest BCUT2D eigenvalue weighted by Crippen LogP contribution is 2.36. The first kappa shape index (κ1) is 20.0. The van der Waals surface area contributed by atoms with E-state index in [1.54, 1.807) is 26.6 Å². The number of hydrogen-bond donors (Lipinski definition) is 1. The molecule has 0 bridgehead atoms. The minimum atomic E-state index is 0.552. The van der Waals surface area contributed by atoms with Crippen LogP contribution in [0.3, 0.4) is 0 Å². The molecule has 148 valence electrons. The second-order valence-corrected chi connectivity index (χ2v) is 7.25. The highest BCUT2D eigenvalue weighted by atomic mass is 16.5. The van der Waals surface area contributed by atoms with Crippen LogP contribution in [0.4, 0.5) is 5.69 Å². The average molecular weight is 380 g/mol. The molecule has 1 N–H and O–H groups in total. The van der Waals surface area contributed by atoms with E-state index >= 15 is 0 Å². The molecule has 0 aliphatic carbocycles. The summed E-state index contributed by atoms with van der Waals surface area (Å²) in [4.78, 5) is 6.64. The van der Waals surface area contributed by atoms with Gasteiger partial charge in [-0.3, -0.25) is 4.98 Å². The van der Waals surface area contributed by atoms with E-state index < -0.39 is 0 Å². The third-order valence-electron chi connectivity index (χ3n) is 5.45. The molecule has 3 rings (SSSR count). The molecule has 2 heterocycles. The van der Waals surface area contributed by atoms with Crippen molar-refractivity contribution in [1.29, 1.82) is 5.26 Å². The topological polar surface area (TPSA) is 70.4 Å². The van der Waals surface area contributed by atoms with E-state index in [0.29, 0.717) is 17.1 Å². The summed E-state index contributed by atoms with van der Waals surface area (Å²) in [5.74, 6) is 2.06. The molecule has 1 aliphatic heterocycles. The molecule has 0 amide bonds. The van der Waals surface area contributed by atoms with Crippen molar-refractivity contribution >= 4 is 5.69 Å². The molecule has 2 aromatic rings. The second kappa shape index (κ2) is 9.43. The molecule has 1 saturated heterocycles. The van der Waals surface area contributed by atoms with Gasteiger partial charge in [0.15, 0.2) is 11.5 Å². The Morgan fingerprint density at radius 2 is 1.93 bits per heavy atom. The van der Waals surface area contributed by atoms with Gasteiger partial charge >= 0.3 is 0 Å². The summed E-state index contributed by atoms with van der Waals surface area (Å²) in [5.41, 5.74) is 3.21. The molecule has 1 aliphatic rings. The van der Waals surface area contributed by atoms with E-state index in [0.717, 1.165) is 35.7 Å². The van der Waals surface area contributed by atoms with Crippen molar-refractivity contribution < 1.29 is 9.47 Å². The van der Waals surface area contributed by atoms with Gasteiger partial charge in [0, 0.05) is 24.5 Å². The number of rotatable bonds is 7. The smallest absolute Gasteiger partial charge is 0.161 e. The molecule has 0 atom stereocenters. The van der Waals surface area contributed by atoms with Crippen LogP contribution >= 0.6 is 0 Å². The predicted molar refractivity (Wildman–Crippen MR) is 111 cm³/mol. The van der Waals surface area contributed by atoms with Crippen LogP contribution in [0.25, 0.3) is 11.1 Å². The summed E-state index contributed by atoms with van der Waals surface area (Å²) < 4.78 is 10.8. The lowest BCUT2D eigenvalue weighted by Gasteiger charge is -2.29. The van der Waals surface area contributed by atoms with Crippen molar-refractivity contribution in [3.05, 3.63) is 36.2 Å². The fraction of sp³-hybridized carbons (Fsp3) is 0.455. The Bertz CT molecular complexity index is 839. The number of aromatic nitrogens is 1. The van der Waals surface area contributed by atoms with Crippen LogP contribution in [0, 0.1) is 17.2 Å². The minimum absolute atomic E-state index is 0.552. The zero-order valence-corrected chi connectivity index (χ0v) is 16.9. The molecule has 0 saturated carbocycles. The molecule has 1 aromatic heterocycles. The first-order chi connectivity index (χ1) is 13.7. The molecule has 1 fully saturated rings. The Kier molecular flexibility index (Phi) is 6.72. The SMILES string of the molecule is COc1ccc(-c2cncc(C#N)c2NCCC2CCN(C)CC2)cc1OC. The van der Waals surface area contributed by atoms with E-state index in [-0.39, 0.29) is 0 Å². The zero-order valence-electron chi connectivity index (χ0n) is 16.9. The zero-order chi connectivity index (χ0) is 19.9. The van der Waals surface area contributed by atoms with Gasteiger partial charge < -0.3 is 19.7 Å². The van der Waals surface area contributed by atoms with Crippen molar-refractivity contribution in [2.24, 2.45) is 5.92 Å². The van der Waals surface area contributed by atoms with Crippen LogP contribution in [-0.4, -0.2) is 50.8 Å². The quantitative estimate of drug-likeness (QED) is 0.788. The number of benzene rings is 1. The lowest BCUT2D eigenvalue weighted by atomic mass is 9.93. The van der Waals surface area contributed by atoms with E-state index in [1.807, 2.05) is 18.2 Å². The van der Waals surface area contributed by atoms with Crippen molar-refractivity contribution in [2.45, 2.75) is 19.3 Å². The fourth-order valence-corrected chi connectivity index (χ4v) is 3.71. The van der Waals surface area contributed by atoms with Gasteiger partial charge in [0.25, 0.3) is 0 Å². The number of likely N-dealkylation sites (tertiary alicyclic amines) is 1. The van der Waals surface area contributed by atoms with E-state index in [4.69, 9.17) is 9.47 Å². The van der Waals surface area contributed by atoms with Crippen LogP contribution in [0.15, 0.2) is 30.6 Å². The van der Waals surface area contributed by atoms with Gasteiger partial charge in [0.2, 0.25) is 0 Å². The maximum atomic E-state index is 9.57. The standard InChI is InChI=1S/C22H28N4O2/c1-26-10-7-16(8-11-26)6-9-25-22-18(13-23)14-24-15-19(22)17-4-5-20(27-2)21(12-17)28-3/h4-5,12,14-16H,6-11H2,1-3H3,(H,24,25). The van der Waals surface area contributed by atoms with Gasteiger partial charge in [-0.15, -0.1) is 0 Å². The van der Waals surface area contributed by atoms with Gasteiger partial charge in [-0.05, 0) is 63.0 Å². The van der Waals surface area contributed by atoms with Crippen LogP contribution in [0.1, 0.15) is 24.8 Å². The minimum Gasteiger partial charge on any atom is -0.493 e. The molecule has 1 aromatic carbocycles. The number of ether oxygens (including phenoxy) is 2. The fourth-order valence-electron chi connectivity index (χ4n) is 3.71. The maximum absolute atomic E-state index is 9.57. The van der Waals surface area contributed by atoms with Gasteiger partial charge in [0.05, 0.1) is 25.5 Å². The highest BCUT2D eigenvalue weighted by molar-refractivity contribution is 5.82. The molecule has 0 spiro atoms. The first-order valence-corrected chi connectivity index (χ1v) is 9.69. The maximum Gasteiger partial charge on any atom is 0.161 e. The van der Waals surface area contributed by atoms with E-state index in [2.05, 4.69) is 28.3 Å². The summed E-state index contributed by atoms with van der Waals surface area (Å²) in [6.45, 7) is 3.17. The van der Waals surface area contributed by atoms with Crippen molar-refractivity contribution in [1.82, 2.24) is 9.88 Å². The lowest BCUT2D eigenvalue weighted by molar-refractivity contribution is 0.215. The Morgan fingerprint density at radius 1 is 1.18 bits per heavy atom. The number of anilines is 1. The van der Waals surface area contributed by atoms with E-state index in [9.17, 15) is 5.26 Å². The van der Waals surface area contributed by atoms with Crippen LogP contribution < -0.4 is 14.8 Å². The van der Waals surface area contributed by atoms with Gasteiger partial charge in [-0.25, -0.2) is 0 Å². The van der Waals surface area contributed by atoms with Crippen molar-refractivity contribution in [3.63, 3.8) is 0 Å². The molecule has 6 heteroatoms. The number of pyridine rings is 1. The number of hydrogen-bond acceptors (Lipinski definition) is 6. The summed E-state index contributed by atoms with van der Waals surface area (Å²) >= 11 is 0. The lowest BCUT2D eigenvalue weighted by Crippen LogP contribution is -2.30. The Morgan fingerprint density at radius 3 is 2.61 bits per heavy atom. The second-order valence-electron chi connectivity index (χ2n) is 7.25. The third-order valence-corrected chi connectivity index (χ3v) is 5.45. The summed E-state index contributed by atoms with van der Waals surface area (Å²) in [5, 5.41) is 13.1. The number of nitrogens with one attached hydrogen (secondary N) is 1. The molecule has 28 heavy (non-hydrogen) atoms. The Balaban J connectivity index is 1.80. The van der Waals surface area contributed by atoms with Gasteiger partial charge in [-0.1, -0.05) is 6.07 Å². The van der Waals surface area contributed by atoms with E-state index in [1.165, 1.54) is 25.9 Å².